The van der Waals surface area contributed by atoms with Crippen LogP contribution in [0.2, 0.25) is 0 Å². The Kier molecular flexibility index (Phi) is 5.41. The molecule has 0 unspecified atom stereocenters. The molecule has 0 saturated carbocycles. The Morgan fingerprint density at radius 3 is 2.52 bits per heavy atom. The number of carbonyl (C=O) groups excluding carboxylic acids is 2. The lowest BCUT2D eigenvalue weighted by Crippen LogP contribution is -2.28. The Balaban J connectivity index is 1.39. The van der Waals surface area contributed by atoms with Crippen molar-refractivity contribution < 1.29 is 9.59 Å². The van der Waals surface area contributed by atoms with Gasteiger partial charge in [0.05, 0.1) is 5.92 Å². The van der Waals surface area contributed by atoms with Crippen molar-refractivity contribution in [2.45, 2.75) is 39.7 Å². The predicted octanol–water partition coefficient (Wildman–Crippen LogP) is 5.93. The first-order valence-electron chi connectivity index (χ1n) is 11.7. The van der Waals surface area contributed by atoms with E-state index in [-0.39, 0.29) is 24.2 Å². The Bertz CT molecular complexity index is 1370. The highest BCUT2D eigenvalue weighted by molar-refractivity contribution is 6.10. The van der Waals surface area contributed by atoms with Crippen molar-refractivity contribution in [3.8, 4) is 0 Å². The van der Waals surface area contributed by atoms with Gasteiger partial charge in [-0.3, -0.25) is 9.59 Å². The molecule has 5 rings (SSSR count). The highest BCUT2D eigenvalue weighted by Crippen LogP contribution is 2.34. The third-order valence-corrected chi connectivity index (χ3v) is 6.70. The lowest BCUT2D eigenvalue weighted by Gasteiger charge is -2.22. The molecule has 4 aromatic rings. The van der Waals surface area contributed by atoms with Crippen LogP contribution >= 0.6 is 0 Å². The monoisotopic (exact) mass is 439 g/mol. The molecule has 0 spiro atoms. The van der Waals surface area contributed by atoms with Crippen LogP contribution in [-0.2, 0) is 16.1 Å². The first kappa shape index (κ1) is 21.3. The zero-order chi connectivity index (χ0) is 23.1. The van der Waals surface area contributed by atoms with Gasteiger partial charge in [0, 0.05) is 52.7 Å². The molecule has 5 nitrogen and oxygen atoms in total. The number of para-hydroxylation sites is 2. The minimum absolute atomic E-state index is 0.00437. The van der Waals surface area contributed by atoms with Gasteiger partial charge in [0.2, 0.25) is 11.8 Å². The highest BCUT2D eigenvalue weighted by Gasteiger charge is 2.36. The second-order valence-electron chi connectivity index (χ2n) is 9.10. The SMILES string of the molecule is CCn1c2ccccc2c2cc(NC(=O)[C@H]3CC(=O)N(c4ccccc4C(C)C)C3)ccc21. The van der Waals surface area contributed by atoms with Crippen LogP contribution in [-0.4, -0.2) is 22.9 Å². The molecule has 2 heterocycles. The summed E-state index contributed by atoms with van der Waals surface area (Å²) in [6, 6.07) is 22.4. The van der Waals surface area contributed by atoms with Crippen molar-refractivity contribution in [2.75, 3.05) is 16.8 Å². The Morgan fingerprint density at radius 2 is 1.73 bits per heavy atom. The second kappa shape index (κ2) is 8.39. The molecule has 1 aliphatic heterocycles. The first-order valence-corrected chi connectivity index (χ1v) is 11.7. The first-order chi connectivity index (χ1) is 16.0. The van der Waals surface area contributed by atoms with E-state index in [0.29, 0.717) is 12.5 Å². The third kappa shape index (κ3) is 3.67. The van der Waals surface area contributed by atoms with Crippen LogP contribution in [0.1, 0.15) is 38.7 Å². The second-order valence-corrected chi connectivity index (χ2v) is 9.10. The third-order valence-electron chi connectivity index (χ3n) is 6.70. The fourth-order valence-corrected chi connectivity index (χ4v) is 5.05. The summed E-state index contributed by atoms with van der Waals surface area (Å²) in [5.74, 6) is -0.166. The van der Waals surface area contributed by atoms with Crippen LogP contribution in [0.4, 0.5) is 11.4 Å². The maximum Gasteiger partial charge on any atom is 0.229 e. The maximum absolute atomic E-state index is 13.1. The predicted molar refractivity (Wildman–Crippen MR) is 135 cm³/mol. The van der Waals surface area contributed by atoms with Gasteiger partial charge in [-0.05, 0) is 48.7 Å². The molecule has 5 heteroatoms. The number of benzene rings is 3. The van der Waals surface area contributed by atoms with E-state index in [1.54, 1.807) is 4.90 Å². The van der Waals surface area contributed by atoms with Crippen LogP contribution < -0.4 is 10.2 Å². The molecular formula is C28H29N3O2. The van der Waals surface area contributed by atoms with Gasteiger partial charge < -0.3 is 14.8 Å². The summed E-state index contributed by atoms with van der Waals surface area (Å²) in [6.07, 6.45) is 0.232. The van der Waals surface area contributed by atoms with Crippen molar-refractivity contribution in [3.05, 3.63) is 72.3 Å². The Hall–Kier alpha value is -3.60. The number of nitrogens with zero attached hydrogens (tertiary/aromatic N) is 2. The number of aromatic nitrogens is 1. The maximum atomic E-state index is 13.1. The van der Waals surface area contributed by atoms with E-state index in [1.165, 1.54) is 10.9 Å². The van der Waals surface area contributed by atoms with Crippen LogP contribution in [0, 0.1) is 5.92 Å². The lowest BCUT2D eigenvalue weighted by atomic mass is 10.0. The summed E-state index contributed by atoms with van der Waals surface area (Å²) >= 11 is 0. The molecule has 33 heavy (non-hydrogen) atoms. The molecule has 0 bridgehead atoms. The fourth-order valence-electron chi connectivity index (χ4n) is 5.05. The normalized spacial score (nSPS) is 16.3. The Labute approximate surface area is 194 Å². The van der Waals surface area contributed by atoms with Crippen molar-refractivity contribution >= 4 is 45.0 Å². The molecule has 3 aromatic carbocycles. The molecule has 168 valence electrons. The number of aryl methyl sites for hydroxylation is 1. The smallest absolute Gasteiger partial charge is 0.229 e. The average molecular weight is 440 g/mol. The van der Waals surface area contributed by atoms with Crippen molar-refractivity contribution in [2.24, 2.45) is 5.92 Å². The fraction of sp³-hybridized carbons (Fsp3) is 0.286. The number of fused-ring (bicyclic) bond motifs is 3. The van der Waals surface area contributed by atoms with Gasteiger partial charge in [0.25, 0.3) is 0 Å². The van der Waals surface area contributed by atoms with Gasteiger partial charge in [0.15, 0.2) is 0 Å². The molecule has 1 N–H and O–H groups in total. The summed E-state index contributed by atoms with van der Waals surface area (Å²) < 4.78 is 2.29. The van der Waals surface area contributed by atoms with Gasteiger partial charge in [0.1, 0.15) is 0 Å². The van der Waals surface area contributed by atoms with E-state index in [1.807, 2.05) is 36.4 Å². The van der Waals surface area contributed by atoms with Crippen LogP contribution in [0.5, 0.6) is 0 Å². The van der Waals surface area contributed by atoms with Gasteiger partial charge in [-0.15, -0.1) is 0 Å². The molecule has 1 aliphatic rings. The molecule has 0 aliphatic carbocycles. The van der Waals surface area contributed by atoms with E-state index in [2.05, 4.69) is 61.0 Å². The number of rotatable bonds is 5. The van der Waals surface area contributed by atoms with E-state index < -0.39 is 0 Å². The van der Waals surface area contributed by atoms with Gasteiger partial charge in [-0.1, -0.05) is 50.2 Å². The van der Waals surface area contributed by atoms with Crippen LogP contribution in [0.25, 0.3) is 21.8 Å². The average Bonchev–Trinajstić information content (AvgIpc) is 3.36. The van der Waals surface area contributed by atoms with E-state index in [0.717, 1.165) is 34.4 Å². The standard InChI is InChI=1S/C28H29N3O2/c1-4-30-25-12-8-6-10-22(25)23-16-20(13-14-26(23)30)29-28(33)19-15-27(32)31(17-19)24-11-7-5-9-21(24)18(2)3/h5-14,16,18-19H,4,15,17H2,1-3H3,(H,29,33)/t19-/m0/s1. The lowest BCUT2D eigenvalue weighted by molar-refractivity contribution is -0.122. The molecule has 2 amide bonds. The number of amides is 2. The quantitative estimate of drug-likeness (QED) is 0.419. The highest BCUT2D eigenvalue weighted by atomic mass is 16.2. The van der Waals surface area contributed by atoms with Gasteiger partial charge in [-0.2, -0.15) is 0 Å². The van der Waals surface area contributed by atoms with Crippen molar-refractivity contribution in [1.82, 2.24) is 4.57 Å². The zero-order valence-corrected chi connectivity index (χ0v) is 19.3. The minimum Gasteiger partial charge on any atom is -0.341 e. The summed E-state index contributed by atoms with van der Waals surface area (Å²) in [5.41, 5.74) is 5.16. The summed E-state index contributed by atoms with van der Waals surface area (Å²) in [4.78, 5) is 27.7. The number of nitrogens with one attached hydrogen (secondary N) is 1. The zero-order valence-electron chi connectivity index (χ0n) is 19.3. The number of hydrogen-bond acceptors (Lipinski definition) is 2. The summed E-state index contributed by atoms with van der Waals surface area (Å²) in [5, 5.41) is 5.37. The van der Waals surface area contributed by atoms with Crippen LogP contribution in [0.3, 0.4) is 0 Å². The van der Waals surface area contributed by atoms with Gasteiger partial charge >= 0.3 is 0 Å². The summed E-state index contributed by atoms with van der Waals surface area (Å²) in [6.45, 7) is 7.67. The largest absolute Gasteiger partial charge is 0.341 e. The molecular weight excluding hydrogens is 410 g/mol. The molecule has 1 saturated heterocycles. The van der Waals surface area contributed by atoms with E-state index >= 15 is 0 Å². The van der Waals surface area contributed by atoms with Crippen molar-refractivity contribution in [1.29, 1.82) is 0 Å². The van der Waals surface area contributed by atoms with Crippen LogP contribution in [0.15, 0.2) is 66.7 Å². The number of carbonyl (C=O) groups is 2. The van der Waals surface area contributed by atoms with Gasteiger partial charge in [-0.25, -0.2) is 0 Å². The Morgan fingerprint density at radius 1 is 1.00 bits per heavy atom. The molecule has 1 fully saturated rings. The summed E-state index contributed by atoms with van der Waals surface area (Å²) in [7, 11) is 0. The molecule has 1 aromatic heterocycles. The van der Waals surface area contributed by atoms with E-state index in [4.69, 9.17) is 0 Å². The molecule has 0 radical (unpaired) electrons. The van der Waals surface area contributed by atoms with E-state index in [9.17, 15) is 9.59 Å². The topological polar surface area (TPSA) is 54.3 Å². The van der Waals surface area contributed by atoms with Crippen molar-refractivity contribution in [3.63, 3.8) is 0 Å². The number of hydrogen-bond donors (Lipinski definition) is 1. The number of anilines is 2. The minimum atomic E-state index is -0.370. The molecule has 1 atom stereocenters.